The van der Waals surface area contributed by atoms with E-state index in [9.17, 15) is 0 Å². The van der Waals surface area contributed by atoms with Crippen LogP contribution in [0.25, 0.3) is 11.0 Å². The molecule has 1 aromatic carbocycles. The lowest BCUT2D eigenvalue weighted by Crippen LogP contribution is -1.91. The average molecular weight is 258 g/mol. The van der Waals surface area contributed by atoms with Gasteiger partial charge < -0.3 is 10.7 Å². The van der Waals surface area contributed by atoms with Crippen molar-refractivity contribution in [3.63, 3.8) is 0 Å². The van der Waals surface area contributed by atoms with Crippen molar-refractivity contribution in [3.8, 4) is 0 Å². The van der Waals surface area contributed by atoms with Gasteiger partial charge in [-0.3, -0.25) is 0 Å². The quantitative estimate of drug-likeness (QED) is 0.742. The molecule has 3 aromatic rings. The number of imidazole rings is 1. The van der Waals surface area contributed by atoms with Crippen LogP contribution in [0, 0.1) is 13.8 Å². The van der Waals surface area contributed by atoms with E-state index in [-0.39, 0.29) is 0 Å². The standard InChI is InChI=1S/C13H14N4S/c1-7-3-8(2)12-10(4-7)16-11(17-12)5-9-6-18-13(14)15-9/h3-4,6H,5H2,1-2H3,(H2,14,15)(H,16,17). The summed E-state index contributed by atoms with van der Waals surface area (Å²) >= 11 is 1.46. The number of aromatic amines is 1. The van der Waals surface area contributed by atoms with E-state index < -0.39 is 0 Å². The van der Waals surface area contributed by atoms with Crippen LogP contribution in [0.3, 0.4) is 0 Å². The summed E-state index contributed by atoms with van der Waals surface area (Å²) in [5.41, 5.74) is 11.2. The minimum absolute atomic E-state index is 0.605. The number of aromatic nitrogens is 3. The van der Waals surface area contributed by atoms with Crippen LogP contribution in [0.15, 0.2) is 17.5 Å². The third kappa shape index (κ3) is 1.97. The second-order valence-electron chi connectivity index (χ2n) is 4.52. The highest BCUT2D eigenvalue weighted by Crippen LogP contribution is 2.20. The van der Waals surface area contributed by atoms with Gasteiger partial charge >= 0.3 is 0 Å². The number of nitrogens with zero attached hydrogens (tertiary/aromatic N) is 2. The Morgan fingerprint density at radius 3 is 2.83 bits per heavy atom. The number of anilines is 1. The Kier molecular flexibility index (Phi) is 2.56. The number of H-pyrrole nitrogens is 1. The lowest BCUT2D eigenvalue weighted by Gasteiger charge is -1.96. The summed E-state index contributed by atoms with van der Waals surface area (Å²) in [5.74, 6) is 0.934. The van der Waals surface area contributed by atoms with Gasteiger partial charge in [-0.25, -0.2) is 9.97 Å². The molecule has 0 aliphatic carbocycles. The lowest BCUT2D eigenvalue weighted by atomic mass is 10.1. The molecule has 0 unspecified atom stereocenters. The number of benzene rings is 1. The molecule has 0 spiro atoms. The zero-order valence-corrected chi connectivity index (χ0v) is 11.1. The molecule has 0 radical (unpaired) electrons. The van der Waals surface area contributed by atoms with Gasteiger partial charge in [0.25, 0.3) is 0 Å². The number of nitrogens with two attached hydrogens (primary N) is 1. The van der Waals surface area contributed by atoms with Crippen molar-refractivity contribution in [2.45, 2.75) is 20.3 Å². The van der Waals surface area contributed by atoms with Gasteiger partial charge in [0.2, 0.25) is 0 Å². The van der Waals surface area contributed by atoms with E-state index in [1.165, 1.54) is 22.5 Å². The Hall–Kier alpha value is -1.88. The van der Waals surface area contributed by atoms with Crippen LogP contribution in [0.5, 0.6) is 0 Å². The Labute approximate surface area is 109 Å². The van der Waals surface area contributed by atoms with E-state index in [0.717, 1.165) is 22.6 Å². The molecule has 18 heavy (non-hydrogen) atoms. The van der Waals surface area contributed by atoms with E-state index >= 15 is 0 Å². The molecule has 3 rings (SSSR count). The number of nitrogen functional groups attached to an aromatic ring is 1. The van der Waals surface area contributed by atoms with Crippen molar-refractivity contribution < 1.29 is 0 Å². The Bertz CT molecular complexity index is 711. The maximum Gasteiger partial charge on any atom is 0.180 e. The van der Waals surface area contributed by atoms with Crippen LogP contribution in [-0.2, 0) is 6.42 Å². The molecule has 0 fully saturated rings. The summed E-state index contributed by atoms with van der Waals surface area (Å²) in [6, 6.07) is 4.27. The van der Waals surface area contributed by atoms with Crippen LogP contribution < -0.4 is 5.73 Å². The Balaban J connectivity index is 2.01. The molecule has 2 aromatic heterocycles. The second kappa shape index (κ2) is 4.10. The summed E-state index contributed by atoms with van der Waals surface area (Å²) in [7, 11) is 0. The molecule has 0 aliphatic heterocycles. The third-order valence-electron chi connectivity index (χ3n) is 2.89. The molecule has 0 saturated heterocycles. The Morgan fingerprint density at radius 2 is 2.11 bits per heavy atom. The fourth-order valence-electron chi connectivity index (χ4n) is 2.18. The van der Waals surface area contributed by atoms with Crippen molar-refractivity contribution >= 4 is 27.5 Å². The summed E-state index contributed by atoms with van der Waals surface area (Å²) in [4.78, 5) is 12.2. The largest absolute Gasteiger partial charge is 0.375 e. The molecule has 4 nitrogen and oxygen atoms in total. The number of hydrogen-bond donors (Lipinski definition) is 2. The first-order valence-electron chi connectivity index (χ1n) is 5.77. The second-order valence-corrected chi connectivity index (χ2v) is 5.41. The number of rotatable bonds is 2. The molecule has 92 valence electrons. The molecule has 0 atom stereocenters. The highest BCUT2D eigenvalue weighted by Gasteiger charge is 2.08. The van der Waals surface area contributed by atoms with Gasteiger partial charge in [-0.05, 0) is 31.0 Å². The van der Waals surface area contributed by atoms with E-state index in [2.05, 4.69) is 40.9 Å². The van der Waals surface area contributed by atoms with E-state index in [0.29, 0.717) is 11.6 Å². The van der Waals surface area contributed by atoms with Gasteiger partial charge in [-0.1, -0.05) is 6.07 Å². The topological polar surface area (TPSA) is 67.6 Å². The first-order chi connectivity index (χ1) is 8.61. The zero-order valence-electron chi connectivity index (χ0n) is 10.3. The van der Waals surface area contributed by atoms with Gasteiger partial charge in [0.1, 0.15) is 5.82 Å². The summed E-state index contributed by atoms with van der Waals surface area (Å²) < 4.78 is 0. The van der Waals surface area contributed by atoms with Crippen LogP contribution in [-0.4, -0.2) is 15.0 Å². The highest BCUT2D eigenvalue weighted by molar-refractivity contribution is 7.13. The maximum absolute atomic E-state index is 5.63. The van der Waals surface area contributed by atoms with Crippen molar-refractivity contribution in [1.29, 1.82) is 0 Å². The smallest absolute Gasteiger partial charge is 0.180 e. The molecule has 0 aliphatic rings. The van der Waals surface area contributed by atoms with Gasteiger partial charge in [0.15, 0.2) is 5.13 Å². The van der Waals surface area contributed by atoms with Crippen molar-refractivity contribution in [2.75, 3.05) is 5.73 Å². The molecular formula is C13H14N4S. The minimum atomic E-state index is 0.605. The van der Waals surface area contributed by atoms with E-state index in [1.807, 2.05) is 5.38 Å². The summed E-state index contributed by atoms with van der Waals surface area (Å²) in [6.07, 6.45) is 0.695. The molecular weight excluding hydrogens is 244 g/mol. The van der Waals surface area contributed by atoms with Crippen LogP contribution in [0.2, 0.25) is 0 Å². The third-order valence-corrected chi connectivity index (χ3v) is 3.61. The number of fused-ring (bicyclic) bond motifs is 1. The molecule has 0 saturated carbocycles. The molecule has 0 bridgehead atoms. The number of aryl methyl sites for hydroxylation is 2. The van der Waals surface area contributed by atoms with Gasteiger partial charge in [0, 0.05) is 11.8 Å². The lowest BCUT2D eigenvalue weighted by molar-refractivity contribution is 1.00. The highest BCUT2D eigenvalue weighted by atomic mass is 32.1. The van der Waals surface area contributed by atoms with E-state index in [1.54, 1.807) is 0 Å². The minimum Gasteiger partial charge on any atom is -0.375 e. The van der Waals surface area contributed by atoms with Crippen molar-refractivity contribution in [2.24, 2.45) is 0 Å². The summed E-state index contributed by atoms with van der Waals surface area (Å²) in [5, 5.41) is 2.58. The van der Waals surface area contributed by atoms with Gasteiger partial charge in [-0.2, -0.15) is 0 Å². The molecule has 5 heteroatoms. The average Bonchev–Trinajstić information content (AvgIpc) is 2.85. The monoisotopic (exact) mass is 258 g/mol. The number of thiazole rings is 1. The van der Waals surface area contributed by atoms with Gasteiger partial charge in [0.05, 0.1) is 16.7 Å². The first-order valence-corrected chi connectivity index (χ1v) is 6.65. The molecule has 2 heterocycles. The zero-order chi connectivity index (χ0) is 12.7. The Morgan fingerprint density at radius 1 is 1.28 bits per heavy atom. The van der Waals surface area contributed by atoms with Crippen molar-refractivity contribution in [3.05, 3.63) is 40.2 Å². The normalized spacial score (nSPS) is 11.2. The SMILES string of the molecule is Cc1cc(C)c2nc(Cc3csc(N)n3)[nH]c2c1. The maximum atomic E-state index is 5.63. The fraction of sp³-hybridized carbons (Fsp3) is 0.231. The number of hydrogen-bond acceptors (Lipinski definition) is 4. The van der Waals surface area contributed by atoms with Crippen LogP contribution in [0.1, 0.15) is 22.6 Å². The van der Waals surface area contributed by atoms with E-state index in [4.69, 9.17) is 5.73 Å². The van der Waals surface area contributed by atoms with Crippen LogP contribution >= 0.6 is 11.3 Å². The molecule has 3 N–H and O–H groups in total. The van der Waals surface area contributed by atoms with Crippen molar-refractivity contribution in [1.82, 2.24) is 15.0 Å². The predicted molar refractivity (Wildman–Crippen MR) is 74.9 cm³/mol. The first kappa shape index (κ1) is 11.2. The summed E-state index contributed by atoms with van der Waals surface area (Å²) in [6.45, 7) is 4.18. The number of nitrogens with one attached hydrogen (secondary N) is 1. The fourth-order valence-corrected chi connectivity index (χ4v) is 2.74. The molecule has 0 amide bonds. The van der Waals surface area contributed by atoms with Gasteiger partial charge in [-0.15, -0.1) is 11.3 Å². The predicted octanol–water partition coefficient (Wildman–Crippen LogP) is 2.81. The van der Waals surface area contributed by atoms with Crippen LogP contribution in [0.4, 0.5) is 5.13 Å².